The minimum atomic E-state index is -1.48. The molecule has 0 aliphatic heterocycles. The number of esters is 2. The van der Waals surface area contributed by atoms with Crippen molar-refractivity contribution in [1.82, 2.24) is 0 Å². The fourth-order valence-corrected chi connectivity index (χ4v) is 6.23. The van der Waals surface area contributed by atoms with Crippen LogP contribution in [0.2, 0.25) is 0 Å². The van der Waals surface area contributed by atoms with Gasteiger partial charge in [0.05, 0.1) is 0 Å². The Hall–Kier alpha value is -4.71. The summed E-state index contributed by atoms with van der Waals surface area (Å²) in [5.41, 5.74) is 7.15. The van der Waals surface area contributed by atoms with Crippen LogP contribution < -0.4 is 0 Å². The topological polar surface area (TPSA) is 78.9 Å². The minimum absolute atomic E-state index is 0.0389. The van der Waals surface area contributed by atoms with E-state index in [1.165, 1.54) is 13.8 Å². The van der Waals surface area contributed by atoms with Gasteiger partial charge in [-0.3, -0.25) is 14.4 Å². The molecular weight excluding hydrogens is 516 g/mol. The van der Waals surface area contributed by atoms with E-state index in [0.29, 0.717) is 0 Å². The first-order chi connectivity index (χ1) is 19.9. The second-order valence-electron chi connectivity index (χ2n) is 11.0. The van der Waals surface area contributed by atoms with Crippen LogP contribution in [0.1, 0.15) is 47.9 Å². The number of hydrogen-bond acceptors (Lipinski definition) is 6. The Morgan fingerprint density at radius 1 is 0.634 bits per heavy atom. The van der Waals surface area contributed by atoms with Gasteiger partial charge in [-0.15, -0.1) is 0 Å². The molecule has 4 aromatic rings. The maximum Gasteiger partial charge on any atom is 0.324 e. The van der Waals surface area contributed by atoms with Crippen LogP contribution in [0.25, 0.3) is 22.3 Å². The van der Waals surface area contributed by atoms with E-state index in [2.05, 4.69) is 24.3 Å². The molecule has 6 rings (SSSR count). The van der Waals surface area contributed by atoms with E-state index in [1.807, 2.05) is 72.8 Å². The molecule has 4 aromatic carbocycles. The van der Waals surface area contributed by atoms with Crippen LogP contribution in [-0.2, 0) is 28.6 Å². The highest BCUT2D eigenvalue weighted by atomic mass is 16.6. The number of rotatable bonds is 9. The molecule has 0 saturated carbocycles. The number of benzene rings is 4. The lowest BCUT2D eigenvalue weighted by Crippen LogP contribution is -2.46. The van der Waals surface area contributed by atoms with E-state index in [9.17, 15) is 14.4 Å². The van der Waals surface area contributed by atoms with Gasteiger partial charge < -0.3 is 14.2 Å². The molecule has 41 heavy (non-hydrogen) atoms. The predicted molar refractivity (Wildman–Crippen MR) is 154 cm³/mol. The summed E-state index contributed by atoms with van der Waals surface area (Å²) in [6.45, 7) is 3.33. The molecule has 0 saturated heterocycles. The molecule has 2 aliphatic rings. The third kappa shape index (κ3) is 4.69. The van der Waals surface area contributed by atoms with Gasteiger partial charge in [-0.25, -0.2) is 0 Å². The summed E-state index contributed by atoms with van der Waals surface area (Å²) in [6, 6.07) is 32.1. The standard InChI is InChI=1S/C35H30O6/c1-35(2,41-21-36)32(33(37)39-19-30-26-15-7-3-11-22(26)23-12-4-8-16-27(23)30)34(38)40-20-31-28-17-9-5-13-24(28)25-14-6-10-18-29(25)31/h3-18,21,30-32H,19-20H2,1-2H3. The van der Waals surface area contributed by atoms with Crippen LogP contribution in [0.4, 0.5) is 0 Å². The third-order valence-electron chi connectivity index (χ3n) is 8.23. The smallest absolute Gasteiger partial charge is 0.324 e. The Balaban J connectivity index is 1.22. The fourth-order valence-electron chi connectivity index (χ4n) is 6.23. The van der Waals surface area contributed by atoms with Gasteiger partial charge in [0.15, 0.2) is 5.92 Å². The molecular formula is C35H30O6. The molecule has 0 radical (unpaired) electrons. The SMILES string of the molecule is CC(C)(OC=O)C(C(=O)OCC1c2ccccc2-c2ccccc21)C(=O)OCC1c2ccccc2-c2ccccc21. The summed E-state index contributed by atoms with van der Waals surface area (Å²) in [4.78, 5) is 38.4. The quantitative estimate of drug-likeness (QED) is 0.107. The van der Waals surface area contributed by atoms with Crippen molar-refractivity contribution in [1.29, 1.82) is 0 Å². The molecule has 0 amide bonds. The summed E-state index contributed by atoms with van der Waals surface area (Å²) in [5, 5.41) is 0. The number of carbonyl (C=O) groups is 3. The van der Waals surface area contributed by atoms with Crippen molar-refractivity contribution in [3.8, 4) is 22.3 Å². The summed E-state index contributed by atoms with van der Waals surface area (Å²) in [7, 11) is 0. The Morgan fingerprint density at radius 2 is 0.951 bits per heavy atom. The number of carbonyl (C=O) groups excluding carboxylic acids is 3. The maximum absolute atomic E-state index is 13.6. The molecule has 2 aliphatic carbocycles. The molecule has 6 heteroatoms. The summed E-state index contributed by atoms with van der Waals surface area (Å²) < 4.78 is 16.8. The van der Waals surface area contributed by atoms with Crippen molar-refractivity contribution in [2.24, 2.45) is 5.92 Å². The van der Waals surface area contributed by atoms with Gasteiger partial charge >= 0.3 is 11.9 Å². The van der Waals surface area contributed by atoms with E-state index >= 15 is 0 Å². The first-order valence-corrected chi connectivity index (χ1v) is 13.7. The number of fused-ring (bicyclic) bond motifs is 6. The van der Waals surface area contributed by atoms with E-state index in [4.69, 9.17) is 14.2 Å². The van der Waals surface area contributed by atoms with E-state index in [0.717, 1.165) is 44.5 Å². The molecule has 0 heterocycles. The Kier molecular flexibility index (Phi) is 6.91. The zero-order chi connectivity index (χ0) is 28.6. The average molecular weight is 547 g/mol. The lowest BCUT2D eigenvalue weighted by Gasteiger charge is -2.30. The largest absolute Gasteiger partial charge is 0.464 e. The van der Waals surface area contributed by atoms with Crippen molar-refractivity contribution in [3.05, 3.63) is 119 Å². The average Bonchev–Trinajstić information content (AvgIpc) is 3.47. The van der Waals surface area contributed by atoms with Crippen LogP contribution >= 0.6 is 0 Å². The third-order valence-corrected chi connectivity index (χ3v) is 8.23. The molecule has 0 bridgehead atoms. The van der Waals surface area contributed by atoms with Gasteiger partial charge in [0, 0.05) is 11.8 Å². The van der Waals surface area contributed by atoms with Crippen molar-refractivity contribution in [3.63, 3.8) is 0 Å². The van der Waals surface area contributed by atoms with Gasteiger partial charge in [0.1, 0.15) is 18.8 Å². The highest BCUT2D eigenvalue weighted by Gasteiger charge is 2.46. The number of ether oxygens (including phenoxy) is 3. The lowest BCUT2D eigenvalue weighted by molar-refractivity contribution is -0.177. The molecule has 0 aromatic heterocycles. The van der Waals surface area contributed by atoms with Crippen molar-refractivity contribution in [2.45, 2.75) is 31.3 Å². The summed E-state index contributed by atoms with van der Waals surface area (Å²) >= 11 is 0. The van der Waals surface area contributed by atoms with Gasteiger partial charge in [-0.1, -0.05) is 97.1 Å². The van der Waals surface area contributed by atoms with Crippen LogP contribution in [0.15, 0.2) is 97.1 Å². The fraction of sp³-hybridized carbons (Fsp3) is 0.229. The first kappa shape index (κ1) is 26.5. The highest BCUT2D eigenvalue weighted by molar-refractivity contribution is 5.96. The summed E-state index contributed by atoms with van der Waals surface area (Å²) in [6.07, 6.45) is 0. The van der Waals surface area contributed by atoms with Gasteiger partial charge in [0.2, 0.25) is 0 Å². The normalized spacial score (nSPS) is 13.6. The zero-order valence-corrected chi connectivity index (χ0v) is 22.9. The number of hydrogen-bond donors (Lipinski definition) is 0. The van der Waals surface area contributed by atoms with Crippen LogP contribution in [0.5, 0.6) is 0 Å². The van der Waals surface area contributed by atoms with Crippen molar-refractivity contribution >= 4 is 18.4 Å². The lowest BCUT2D eigenvalue weighted by atomic mass is 9.90. The van der Waals surface area contributed by atoms with Crippen LogP contribution in [0.3, 0.4) is 0 Å². The van der Waals surface area contributed by atoms with Gasteiger partial charge in [0.25, 0.3) is 6.47 Å². The monoisotopic (exact) mass is 546 g/mol. The van der Waals surface area contributed by atoms with Crippen molar-refractivity contribution in [2.75, 3.05) is 13.2 Å². The van der Waals surface area contributed by atoms with Crippen LogP contribution in [0, 0.1) is 5.92 Å². The zero-order valence-electron chi connectivity index (χ0n) is 22.9. The van der Waals surface area contributed by atoms with Gasteiger partial charge in [-0.05, 0) is 58.4 Å². The minimum Gasteiger partial charge on any atom is -0.464 e. The predicted octanol–water partition coefficient (Wildman–Crippen LogP) is 6.27. The molecule has 0 spiro atoms. The molecule has 0 atom stereocenters. The van der Waals surface area contributed by atoms with Crippen molar-refractivity contribution < 1.29 is 28.6 Å². The Bertz CT molecular complexity index is 1440. The Morgan fingerprint density at radius 3 is 1.27 bits per heavy atom. The molecule has 0 unspecified atom stereocenters. The maximum atomic E-state index is 13.6. The van der Waals surface area contributed by atoms with Gasteiger partial charge in [-0.2, -0.15) is 0 Å². The van der Waals surface area contributed by atoms with E-state index in [-0.39, 0.29) is 31.5 Å². The first-order valence-electron chi connectivity index (χ1n) is 13.7. The van der Waals surface area contributed by atoms with E-state index < -0.39 is 23.5 Å². The Labute approximate surface area is 238 Å². The van der Waals surface area contributed by atoms with Crippen LogP contribution in [-0.4, -0.2) is 37.2 Å². The highest BCUT2D eigenvalue weighted by Crippen LogP contribution is 2.46. The van der Waals surface area contributed by atoms with E-state index in [1.54, 1.807) is 0 Å². The molecule has 206 valence electrons. The molecule has 0 fully saturated rings. The molecule has 6 nitrogen and oxygen atoms in total. The second-order valence-corrected chi connectivity index (χ2v) is 11.0. The molecule has 0 N–H and O–H groups in total. The summed E-state index contributed by atoms with van der Waals surface area (Å²) in [5.74, 6) is -3.41. The second kappa shape index (κ2) is 10.7.